The molecule has 0 bridgehead atoms. The van der Waals surface area contributed by atoms with Gasteiger partial charge < -0.3 is 20.9 Å². The number of piperidine rings is 1. The normalized spacial score (nSPS) is 25.2. The van der Waals surface area contributed by atoms with Crippen molar-refractivity contribution in [3.8, 4) is 0 Å². The topological polar surface area (TPSA) is 95.7 Å². The highest BCUT2D eigenvalue weighted by molar-refractivity contribution is 5.90. The zero-order valence-corrected chi connectivity index (χ0v) is 15.5. The molecule has 2 saturated heterocycles. The molecule has 2 aliphatic heterocycles. The molecule has 142 valence electrons. The fraction of sp³-hybridized carbons (Fsp3) is 0.833. The second-order valence-electron chi connectivity index (χ2n) is 7.29. The van der Waals surface area contributed by atoms with Crippen LogP contribution >= 0.6 is 0 Å². The quantitative estimate of drug-likeness (QED) is 0.690. The number of nitrogens with zero attached hydrogens (tertiary/aromatic N) is 2. The third-order valence-electron chi connectivity index (χ3n) is 5.29. The Kier molecular flexibility index (Phi) is 7.23. The average Bonchev–Trinajstić information content (AvgIpc) is 3.01. The Hall–Kier alpha value is -1.63. The molecule has 0 aromatic rings. The van der Waals surface area contributed by atoms with E-state index < -0.39 is 0 Å². The third kappa shape index (κ3) is 4.93. The predicted molar refractivity (Wildman–Crippen MR) is 95.6 cm³/mol. The van der Waals surface area contributed by atoms with Crippen molar-refractivity contribution in [1.82, 2.24) is 15.1 Å². The lowest BCUT2D eigenvalue weighted by molar-refractivity contribution is -0.139. The Morgan fingerprint density at radius 1 is 1.32 bits per heavy atom. The first kappa shape index (κ1) is 19.7. The largest absolute Gasteiger partial charge is 0.355 e. The van der Waals surface area contributed by atoms with Crippen LogP contribution in [0.15, 0.2) is 0 Å². The first-order valence-corrected chi connectivity index (χ1v) is 9.53. The summed E-state index contributed by atoms with van der Waals surface area (Å²) in [4.78, 5) is 40.9. The second-order valence-corrected chi connectivity index (χ2v) is 7.29. The summed E-state index contributed by atoms with van der Waals surface area (Å²) in [5, 5.41) is 2.81. The molecule has 2 heterocycles. The molecule has 0 saturated carbocycles. The predicted octanol–water partition coefficient (Wildman–Crippen LogP) is 0.337. The maximum absolute atomic E-state index is 12.8. The Labute approximate surface area is 150 Å². The lowest BCUT2D eigenvalue weighted by Gasteiger charge is -2.33. The van der Waals surface area contributed by atoms with Gasteiger partial charge in [0.1, 0.15) is 0 Å². The van der Waals surface area contributed by atoms with Gasteiger partial charge in [-0.25, -0.2) is 0 Å². The van der Waals surface area contributed by atoms with E-state index in [-0.39, 0.29) is 35.6 Å². The summed E-state index contributed by atoms with van der Waals surface area (Å²) in [6.45, 7) is 6.66. The monoisotopic (exact) mass is 352 g/mol. The summed E-state index contributed by atoms with van der Waals surface area (Å²) >= 11 is 0. The fourth-order valence-corrected chi connectivity index (χ4v) is 3.89. The van der Waals surface area contributed by atoms with Crippen molar-refractivity contribution in [2.45, 2.75) is 52.0 Å². The summed E-state index contributed by atoms with van der Waals surface area (Å²) in [5.41, 5.74) is 5.42. The molecule has 2 aliphatic rings. The van der Waals surface area contributed by atoms with Crippen LogP contribution in [0, 0.1) is 11.8 Å². The number of likely N-dealkylation sites (tertiary alicyclic amines) is 2. The average molecular weight is 352 g/mol. The first-order chi connectivity index (χ1) is 12.0. The van der Waals surface area contributed by atoms with Crippen LogP contribution in [0.4, 0.5) is 0 Å². The summed E-state index contributed by atoms with van der Waals surface area (Å²) < 4.78 is 0. The van der Waals surface area contributed by atoms with Crippen LogP contribution in [0.3, 0.4) is 0 Å². The molecule has 7 heteroatoms. The van der Waals surface area contributed by atoms with E-state index in [1.807, 2.05) is 11.8 Å². The second kappa shape index (κ2) is 9.17. The molecule has 3 amide bonds. The summed E-state index contributed by atoms with van der Waals surface area (Å²) in [7, 11) is 0. The van der Waals surface area contributed by atoms with Crippen molar-refractivity contribution >= 4 is 17.7 Å². The van der Waals surface area contributed by atoms with Crippen LogP contribution in [-0.2, 0) is 14.4 Å². The van der Waals surface area contributed by atoms with E-state index in [9.17, 15) is 14.4 Å². The standard InChI is InChI=1S/C18H32N4O3/c1-3-5-13(2)22-12-15(10-16(22)23)18(25)21-9-4-6-14(11-21)17(24)20-8-7-19/h13-15H,3-12,19H2,1-2H3,(H,20,24). The van der Waals surface area contributed by atoms with Crippen LogP contribution in [-0.4, -0.2) is 66.3 Å². The van der Waals surface area contributed by atoms with Gasteiger partial charge in [-0.05, 0) is 26.2 Å². The van der Waals surface area contributed by atoms with Crippen LogP contribution in [0.2, 0.25) is 0 Å². The number of nitrogens with one attached hydrogen (secondary N) is 1. The molecule has 2 fully saturated rings. The number of carbonyl (C=O) groups excluding carboxylic acids is 3. The van der Waals surface area contributed by atoms with Gasteiger partial charge in [0.15, 0.2) is 0 Å². The molecule has 7 nitrogen and oxygen atoms in total. The molecule has 25 heavy (non-hydrogen) atoms. The number of hydrogen-bond acceptors (Lipinski definition) is 4. The number of rotatable bonds is 7. The van der Waals surface area contributed by atoms with Crippen LogP contribution in [0.1, 0.15) is 46.0 Å². The van der Waals surface area contributed by atoms with Gasteiger partial charge in [-0.15, -0.1) is 0 Å². The summed E-state index contributed by atoms with van der Waals surface area (Å²) in [6, 6.07) is 0.187. The van der Waals surface area contributed by atoms with Gasteiger partial charge in [-0.2, -0.15) is 0 Å². The molecule has 3 atom stereocenters. The lowest BCUT2D eigenvalue weighted by Crippen LogP contribution is -2.48. The zero-order valence-electron chi connectivity index (χ0n) is 15.5. The van der Waals surface area contributed by atoms with Crippen LogP contribution in [0.25, 0.3) is 0 Å². The molecule has 3 unspecified atom stereocenters. The van der Waals surface area contributed by atoms with E-state index in [2.05, 4.69) is 12.2 Å². The summed E-state index contributed by atoms with van der Waals surface area (Å²) in [5.74, 6) is -0.359. The van der Waals surface area contributed by atoms with Crippen molar-refractivity contribution in [2.75, 3.05) is 32.7 Å². The van der Waals surface area contributed by atoms with Gasteiger partial charge in [0.25, 0.3) is 0 Å². The maximum Gasteiger partial charge on any atom is 0.228 e. The zero-order chi connectivity index (χ0) is 18.4. The highest BCUT2D eigenvalue weighted by atomic mass is 16.2. The molecule has 0 aromatic heterocycles. The van der Waals surface area contributed by atoms with Gasteiger partial charge in [0.2, 0.25) is 17.7 Å². The van der Waals surface area contributed by atoms with Crippen molar-refractivity contribution in [3.05, 3.63) is 0 Å². The molecule has 0 radical (unpaired) electrons. The highest BCUT2D eigenvalue weighted by Crippen LogP contribution is 2.26. The molecular formula is C18H32N4O3. The van der Waals surface area contributed by atoms with E-state index in [4.69, 9.17) is 5.73 Å². The summed E-state index contributed by atoms with van der Waals surface area (Å²) in [6.07, 6.45) is 3.90. The fourth-order valence-electron chi connectivity index (χ4n) is 3.89. The third-order valence-corrected chi connectivity index (χ3v) is 5.29. The van der Waals surface area contributed by atoms with Gasteiger partial charge in [0, 0.05) is 45.2 Å². The highest BCUT2D eigenvalue weighted by Gasteiger charge is 2.39. The van der Waals surface area contributed by atoms with E-state index >= 15 is 0 Å². The molecule has 3 N–H and O–H groups in total. The van der Waals surface area contributed by atoms with E-state index in [1.165, 1.54) is 0 Å². The van der Waals surface area contributed by atoms with E-state index in [0.29, 0.717) is 39.1 Å². The van der Waals surface area contributed by atoms with Crippen LogP contribution in [0.5, 0.6) is 0 Å². The molecule has 0 aromatic carbocycles. The van der Waals surface area contributed by atoms with Crippen molar-refractivity contribution < 1.29 is 14.4 Å². The minimum Gasteiger partial charge on any atom is -0.355 e. The number of hydrogen-bond donors (Lipinski definition) is 2. The van der Waals surface area contributed by atoms with Crippen molar-refractivity contribution in [3.63, 3.8) is 0 Å². The Bertz CT molecular complexity index is 497. The minimum atomic E-state index is -0.266. The van der Waals surface area contributed by atoms with Gasteiger partial charge in [-0.1, -0.05) is 13.3 Å². The smallest absolute Gasteiger partial charge is 0.228 e. The molecule has 0 spiro atoms. The van der Waals surface area contributed by atoms with Gasteiger partial charge in [0.05, 0.1) is 11.8 Å². The first-order valence-electron chi connectivity index (χ1n) is 9.53. The van der Waals surface area contributed by atoms with Gasteiger partial charge >= 0.3 is 0 Å². The van der Waals surface area contributed by atoms with Crippen molar-refractivity contribution in [1.29, 1.82) is 0 Å². The molecular weight excluding hydrogens is 320 g/mol. The Morgan fingerprint density at radius 3 is 2.76 bits per heavy atom. The van der Waals surface area contributed by atoms with E-state index in [0.717, 1.165) is 25.7 Å². The van der Waals surface area contributed by atoms with E-state index in [1.54, 1.807) is 4.90 Å². The SMILES string of the molecule is CCCC(C)N1CC(C(=O)N2CCCC(C(=O)NCCN)C2)CC1=O. The Balaban J connectivity index is 1.91. The number of carbonyl (C=O) groups is 3. The lowest BCUT2D eigenvalue weighted by atomic mass is 9.95. The van der Waals surface area contributed by atoms with Gasteiger partial charge in [-0.3, -0.25) is 14.4 Å². The van der Waals surface area contributed by atoms with Crippen molar-refractivity contribution in [2.24, 2.45) is 17.6 Å². The molecule has 2 rings (SSSR count). The molecule has 0 aliphatic carbocycles. The number of amides is 3. The van der Waals surface area contributed by atoms with Crippen LogP contribution < -0.4 is 11.1 Å². The maximum atomic E-state index is 12.8. The Morgan fingerprint density at radius 2 is 2.08 bits per heavy atom. The minimum absolute atomic E-state index is 0.0240. The number of nitrogens with two attached hydrogens (primary N) is 1.